The zero-order chi connectivity index (χ0) is 11.6. The molecule has 2 aliphatic rings. The van der Waals surface area contributed by atoms with E-state index >= 15 is 0 Å². The van der Waals surface area contributed by atoms with Crippen LogP contribution in [0.15, 0.2) is 0 Å². The van der Waals surface area contributed by atoms with Gasteiger partial charge in [0, 0.05) is 25.2 Å². The summed E-state index contributed by atoms with van der Waals surface area (Å²) in [5, 5.41) is 7.27. The van der Waals surface area contributed by atoms with Gasteiger partial charge >= 0.3 is 0 Å². The van der Waals surface area contributed by atoms with Crippen LogP contribution in [0, 0.1) is 11.3 Å². The molecule has 3 heteroatoms. The molecule has 2 N–H and O–H groups in total. The molecule has 2 atom stereocenters. The van der Waals surface area contributed by atoms with Crippen LogP contribution in [0.25, 0.3) is 0 Å². The van der Waals surface area contributed by atoms with E-state index in [1.165, 1.54) is 13.0 Å². The summed E-state index contributed by atoms with van der Waals surface area (Å²) < 4.78 is 5.49. The first kappa shape index (κ1) is 12.3. The van der Waals surface area contributed by atoms with Crippen molar-refractivity contribution in [3.05, 3.63) is 0 Å². The summed E-state index contributed by atoms with van der Waals surface area (Å²) in [6, 6.07) is 0. The Kier molecular flexibility index (Phi) is 3.57. The summed E-state index contributed by atoms with van der Waals surface area (Å²) in [7, 11) is 0. The molecule has 2 heterocycles. The molecule has 0 aromatic carbocycles. The van der Waals surface area contributed by atoms with Crippen molar-refractivity contribution < 1.29 is 4.74 Å². The Labute approximate surface area is 99.3 Å². The van der Waals surface area contributed by atoms with Gasteiger partial charge in [-0.2, -0.15) is 0 Å². The van der Waals surface area contributed by atoms with Crippen LogP contribution in [-0.2, 0) is 4.74 Å². The molecule has 0 amide bonds. The summed E-state index contributed by atoms with van der Waals surface area (Å²) >= 11 is 0. The Morgan fingerprint density at radius 3 is 2.69 bits per heavy atom. The zero-order valence-electron chi connectivity index (χ0n) is 10.9. The van der Waals surface area contributed by atoms with Gasteiger partial charge in [-0.1, -0.05) is 13.8 Å². The van der Waals surface area contributed by atoms with E-state index in [4.69, 9.17) is 4.74 Å². The second-order valence-corrected chi connectivity index (χ2v) is 6.16. The molecule has 2 fully saturated rings. The third-order valence-electron chi connectivity index (χ3n) is 4.59. The van der Waals surface area contributed by atoms with Crippen molar-refractivity contribution in [2.24, 2.45) is 11.3 Å². The van der Waals surface area contributed by atoms with E-state index in [2.05, 4.69) is 31.4 Å². The lowest BCUT2D eigenvalue weighted by atomic mass is 9.76. The smallest absolute Gasteiger partial charge is 0.0646 e. The number of hydrogen-bond donors (Lipinski definition) is 2. The van der Waals surface area contributed by atoms with Crippen molar-refractivity contribution in [3.8, 4) is 0 Å². The largest absolute Gasteiger partial charge is 0.379 e. The van der Waals surface area contributed by atoms with Gasteiger partial charge in [-0.3, -0.25) is 0 Å². The number of nitrogens with one attached hydrogen (secondary N) is 2. The maximum atomic E-state index is 5.49. The maximum Gasteiger partial charge on any atom is 0.0646 e. The minimum atomic E-state index is 0.213. The van der Waals surface area contributed by atoms with Crippen LogP contribution in [0.5, 0.6) is 0 Å². The fraction of sp³-hybridized carbons (Fsp3) is 1.00. The van der Waals surface area contributed by atoms with Gasteiger partial charge in [0.2, 0.25) is 0 Å². The van der Waals surface area contributed by atoms with Gasteiger partial charge in [-0.25, -0.2) is 0 Å². The molecule has 0 aromatic rings. The van der Waals surface area contributed by atoms with Crippen molar-refractivity contribution in [2.75, 3.05) is 32.8 Å². The first-order valence-corrected chi connectivity index (χ1v) is 6.60. The molecule has 2 rings (SSSR count). The minimum absolute atomic E-state index is 0.213. The monoisotopic (exact) mass is 226 g/mol. The average molecular weight is 226 g/mol. The van der Waals surface area contributed by atoms with E-state index in [9.17, 15) is 0 Å². The zero-order valence-corrected chi connectivity index (χ0v) is 10.9. The van der Waals surface area contributed by atoms with E-state index < -0.39 is 0 Å². The van der Waals surface area contributed by atoms with Crippen molar-refractivity contribution in [2.45, 2.75) is 39.2 Å². The van der Waals surface area contributed by atoms with E-state index in [0.717, 1.165) is 38.6 Å². The first-order chi connectivity index (χ1) is 7.56. The lowest BCUT2D eigenvalue weighted by Crippen LogP contribution is -2.50. The molecule has 0 aromatic heterocycles. The van der Waals surface area contributed by atoms with Crippen LogP contribution in [0.3, 0.4) is 0 Å². The Balaban J connectivity index is 1.91. The highest BCUT2D eigenvalue weighted by molar-refractivity contribution is 4.96. The lowest BCUT2D eigenvalue weighted by molar-refractivity contribution is 0.149. The van der Waals surface area contributed by atoms with Gasteiger partial charge in [-0.15, -0.1) is 0 Å². The molecular weight excluding hydrogens is 200 g/mol. The molecule has 0 saturated carbocycles. The third kappa shape index (κ3) is 2.41. The highest BCUT2D eigenvalue weighted by Gasteiger charge is 2.39. The Morgan fingerprint density at radius 2 is 2.19 bits per heavy atom. The molecule has 2 aliphatic heterocycles. The van der Waals surface area contributed by atoms with Crippen molar-refractivity contribution in [1.29, 1.82) is 0 Å². The highest BCUT2D eigenvalue weighted by Crippen LogP contribution is 2.34. The summed E-state index contributed by atoms with van der Waals surface area (Å²) in [5.41, 5.74) is 0.663. The molecule has 2 unspecified atom stereocenters. The van der Waals surface area contributed by atoms with Crippen molar-refractivity contribution in [1.82, 2.24) is 10.6 Å². The van der Waals surface area contributed by atoms with E-state index in [-0.39, 0.29) is 5.54 Å². The van der Waals surface area contributed by atoms with Gasteiger partial charge in [0.05, 0.1) is 6.61 Å². The predicted octanol–water partition coefficient (Wildman–Crippen LogP) is 1.39. The van der Waals surface area contributed by atoms with Gasteiger partial charge in [0.1, 0.15) is 0 Å². The van der Waals surface area contributed by atoms with Gasteiger partial charge in [-0.05, 0) is 37.6 Å². The lowest BCUT2D eigenvalue weighted by Gasteiger charge is -2.36. The van der Waals surface area contributed by atoms with Crippen LogP contribution >= 0.6 is 0 Å². The number of hydrogen-bond acceptors (Lipinski definition) is 3. The standard InChI is InChI=1S/C13H26N2O/c1-11(2)13(4-6-14-8-13)9-15-12(3)5-7-16-10-12/h11,14-15H,4-10H2,1-3H3. The van der Waals surface area contributed by atoms with E-state index in [1.54, 1.807) is 0 Å². The Morgan fingerprint density at radius 1 is 1.38 bits per heavy atom. The highest BCUT2D eigenvalue weighted by atomic mass is 16.5. The van der Waals surface area contributed by atoms with Gasteiger partial charge in [0.15, 0.2) is 0 Å². The second kappa shape index (κ2) is 4.63. The van der Waals surface area contributed by atoms with Crippen LogP contribution in [-0.4, -0.2) is 38.4 Å². The molecular formula is C13H26N2O. The topological polar surface area (TPSA) is 33.3 Å². The fourth-order valence-electron chi connectivity index (χ4n) is 2.81. The van der Waals surface area contributed by atoms with Crippen molar-refractivity contribution in [3.63, 3.8) is 0 Å². The maximum absolute atomic E-state index is 5.49. The van der Waals surface area contributed by atoms with Crippen LogP contribution in [0.4, 0.5) is 0 Å². The summed E-state index contributed by atoms with van der Waals surface area (Å²) in [6.07, 6.45) is 2.45. The normalized spacial score (nSPS) is 39.8. The molecule has 3 nitrogen and oxygen atoms in total. The van der Waals surface area contributed by atoms with Crippen LogP contribution < -0.4 is 10.6 Å². The number of rotatable bonds is 4. The molecule has 94 valence electrons. The van der Waals surface area contributed by atoms with Crippen LogP contribution in [0.1, 0.15) is 33.6 Å². The quantitative estimate of drug-likeness (QED) is 0.760. The molecule has 0 bridgehead atoms. The predicted molar refractivity (Wildman–Crippen MR) is 66.6 cm³/mol. The Bertz CT molecular complexity index is 228. The summed E-state index contributed by atoms with van der Waals surface area (Å²) in [4.78, 5) is 0. The van der Waals surface area contributed by atoms with Crippen LogP contribution in [0.2, 0.25) is 0 Å². The molecule has 0 spiro atoms. The van der Waals surface area contributed by atoms with E-state index in [0.29, 0.717) is 5.41 Å². The van der Waals surface area contributed by atoms with Gasteiger partial charge < -0.3 is 15.4 Å². The molecule has 0 radical (unpaired) electrons. The summed E-state index contributed by atoms with van der Waals surface area (Å²) in [5.74, 6) is 0.737. The summed E-state index contributed by atoms with van der Waals surface area (Å²) in [6.45, 7) is 12.2. The average Bonchev–Trinajstić information content (AvgIpc) is 2.85. The molecule has 0 aliphatic carbocycles. The van der Waals surface area contributed by atoms with E-state index in [1.807, 2.05) is 0 Å². The third-order valence-corrected chi connectivity index (χ3v) is 4.59. The second-order valence-electron chi connectivity index (χ2n) is 6.16. The Hall–Kier alpha value is -0.120. The molecule has 16 heavy (non-hydrogen) atoms. The SMILES string of the molecule is CC(C)C1(CNC2(C)CCOC2)CCNC1. The number of ether oxygens (including phenoxy) is 1. The van der Waals surface area contributed by atoms with Crippen molar-refractivity contribution >= 4 is 0 Å². The fourth-order valence-corrected chi connectivity index (χ4v) is 2.81. The molecule has 2 saturated heterocycles. The minimum Gasteiger partial charge on any atom is -0.379 e. The van der Waals surface area contributed by atoms with Gasteiger partial charge in [0.25, 0.3) is 0 Å². The first-order valence-electron chi connectivity index (χ1n) is 6.60.